The van der Waals surface area contributed by atoms with Crippen LogP contribution in [-0.2, 0) is 14.6 Å². The van der Waals surface area contributed by atoms with Gasteiger partial charge < -0.3 is 20.6 Å². The van der Waals surface area contributed by atoms with Gasteiger partial charge in [-0.1, -0.05) is 11.6 Å². The molecule has 3 fully saturated rings. The van der Waals surface area contributed by atoms with Crippen molar-refractivity contribution in [3.8, 4) is 0 Å². The third kappa shape index (κ3) is 5.36. The van der Waals surface area contributed by atoms with E-state index in [2.05, 4.69) is 5.32 Å². The Balaban J connectivity index is 1.31. The van der Waals surface area contributed by atoms with Crippen molar-refractivity contribution in [2.45, 2.75) is 85.2 Å². The van der Waals surface area contributed by atoms with E-state index in [-0.39, 0.29) is 53.3 Å². The van der Waals surface area contributed by atoms with Crippen LogP contribution in [0.15, 0.2) is 35.2 Å². The van der Waals surface area contributed by atoms with Crippen LogP contribution in [0.2, 0.25) is 5.02 Å². The molecule has 13 heteroatoms. The number of nitrogens with one attached hydrogen (secondary N) is 1. The normalized spacial score (nSPS) is 30.8. The molecule has 5 rings (SSSR count). The van der Waals surface area contributed by atoms with E-state index in [1.165, 1.54) is 12.1 Å². The summed E-state index contributed by atoms with van der Waals surface area (Å²) >= 11 is 6.26. The number of hydrogen-bond acceptors (Lipinski definition) is 7. The first-order chi connectivity index (χ1) is 19.7. The van der Waals surface area contributed by atoms with Gasteiger partial charge in [0.15, 0.2) is 33.1 Å². The molecular formula is C29H31ClF3NO7S. The number of benzene rings is 2. The highest BCUT2D eigenvalue weighted by molar-refractivity contribution is 7.92. The molecule has 2 aromatic carbocycles. The highest BCUT2D eigenvalue weighted by atomic mass is 35.5. The molecule has 0 aromatic heterocycles. The van der Waals surface area contributed by atoms with E-state index < -0.39 is 73.4 Å². The van der Waals surface area contributed by atoms with Gasteiger partial charge in [0.2, 0.25) is 0 Å². The van der Waals surface area contributed by atoms with Crippen molar-refractivity contribution in [2.24, 2.45) is 11.8 Å². The van der Waals surface area contributed by atoms with Crippen LogP contribution in [0, 0.1) is 29.3 Å². The van der Waals surface area contributed by atoms with Crippen LogP contribution in [0.3, 0.4) is 0 Å². The minimum absolute atomic E-state index is 0.0456. The topological polar surface area (TPSA) is 141 Å². The molecule has 3 aliphatic carbocycles. The fraction of sp³-hybridized carbons (Fsp3) is 0.517. The summed E-state index contributed by atoms with van der Waals surface area (Å²) < 4.78 is 67.9. The van der Waals surface area contributed by atoms with Crippen molar-refractivity contribution in [1.82, 2.24) is 0 Å². The summed E-state index contributed by atoms with van der Waals surface area (Å²) in [5, 5.41) is 33.4. The lowest BCUT2D eigenvalue weighted by molar-refractivity contribution is -0.149. The maximum Gasteiger partial charge on any atom is 0.255 e. The van der Waals surface area contributed by atoms with Crippen LogP contribution in [0.25, 0.3) is 0 Å². The number of carbonyl (C=O) groups excluding carboxylic acids is 2. The predicted octanol–water partition coefficient (Wildman–Crippen LogP) is 4.33. The van der Waals surface area contributed by atoms with Gasteiger partial charge in [0.05, 0.1) is 26.9 Å². The van der Waals surface area contributed by atoms with E-state index in [0.717, 1.165) is 6.07 Å². The molecule has 3 saturated carbocycles. The molecule has 2 bridgehead atoms. The molecule has 6 atom stereocenters. The maximum absolute atomic E-state index is 13.8. The van der Waals surface area contributed by atoms with Gasteiger partial charge in [-0.05, 0) is 81.4 Å². The second kappa shape index (κ2) is 11.2. The first-order valence-corrected chi connectivity index (χ1v) is 15.7. The Morgan fingerprint density at radius 3 is 2.19 bits per heavy atom. The molecule has 0 heterocycles. The number of amides is 1. The number of anilines is 1. The zero-order valence-corrected chi connectivity index (χ0v) is 24.0. The van der Waals surface area contributed by atoms with Crippen LogP contribution >= 0.6 is 11.6 Å². The van der Waals surface area contributed by atoms with Crippen LogP contribution in [0.1, 0.15) is 68.1 Å². The third-order valence-electron chi connectivity index (χ3n) is 9.37. The fourth-order valence-electron chi connectivity index (χ4n) is 6.97. The Labute approximate surface area is 245 Å². The predicted molar refractivity (Wildman–Crippen MR) is 146 cm³/mol. The lowest BCUT2D eigenvalue weighted by Gasteiger charge is -2.43. The lowest BCUT2D eigenvalue weighted by Crippen LogP contribution is -2.50. The number of hydrogen-bond donors (Lipinski definition) is 4. The number of Topliss-reactive ketones (excluding diaryl/α,β-unsaturated/α-hetero) is 1. The van der Waals surface area contributed by atoms with Crippen molar-refractivity contribution in [2.75, 3.05) is 5.32 Å². The van der Waals surface area contributed by atoms with E-state index in [4.69, 9.17) is 11.6 Å². The zero-order chi connectivity index (χ0) is 30.6. The molecule has 3 unspecified atom stereocenters. The Morgan fingerprint density at radius 1 is 1.00 bits per heavy atom. The average molecular weight is 630 g/mol. The molecule has 0 aliphatic heterocycles. The molecule has 1 amide bonds. The molecule has 228 valence electrons. The number of carbonyl (C=O) groups is 2. The molecule has 2 aromatic rings. The third-order valence-corrected chi connectivity index (χ3v) is 12.0. The van der Waals surface area contributed by atoms with E-state index in [1.807, 2.05) is 0 Å². The molecule has 3 aliphatic rings. The van der Waals surface area contributed by atoms with Crippen molar-refractivity contribution in [1.29, 1.82) is 0 Å². The summed E-state index contributed by atoms with van der Waals surface area (Å²) in [6, 6.07) is 4.71. The highest BCUT2D eigenvalue weighted by Gasteiger charge is 2.56. The van der Waals surface area contributed by atoms with E-state index >= 15 is 0 Å². The SMILES string of the molecule is O=C(Nc1cc(F)c(F)c(F)c1)c1ccc(Cl)c(S(=O)(=O)C2CC3CC[C@@H](C2)C3(O)CCC(=O)[C@]2(O)CCC[C@H]2O)c1. The van der Waals surface area contributed by atoms with Gasteiger partial charge in [-0.3, -0.25) is 9.59 Å². The van der Waals surface area contributed by atoms with Gasteiger partial charge in [0, 0.05) is 29.8 Å². The summed E-state index contributed by atoms with van der Waals surface area (Å²) in [6.45, 7) is 0. The Kier molecular flexibility index (Phi) is 8.25. The number of rotatable bonds is 8. The van der Waals surface area contributed by atoms with Crippen molar-refractivity contribution in [3.63, 3.8) is 0 Å². The summed E-state index contributed by atoms with van der Waals surface area (Å²) in [4.78, 5) is 25.2. The summed E-state index contributed by atoms with van der Waals surface area (Å²) in [5.41, 5.74) is -3.65. The molecule has 4 N–H and O–H groups in total. The first-order valence-electron chi connectivity index (χ1n) is 13.8. The fourth-order valence-corrected chi connectivity index (χ4v) is 9.37. The number of aliphatic hydroxyl groups is 3. The quantitative estimate of drug-likeness (QED) is 0.319. The number of sulfone groups is 1. The van der Waals surface area contributed by atoms with Crippen LogP contribution in [0.5, 0.6) is 0 Å². The number of ketones is 1. The van der Waals surface area contributed by atoms with Crippen molar-refractivity contribution >= 4 is 38.8 Å². The van der Waals surface area contributed by atoms with Crippen molar-refractivity contribution < 1.29 is 46.5 Å². The molecule has 8 nitrogen and oxygen atoms in total. The average Bonchev–Trinajstić information content (AvgIpc) is 3.31. The highest BCUT2D eigenvalue weighted by Crippen LogP contribution is 2.54. The smallest absolute Gasteiger partial charge is 0.255 e. The summed E-state index contributed by atoms with van der Waals surface area (Å²) in [6.07, 6.45) is 1.06. The monoisotopic (exact) mass is 629 g/mol. The van der Waals surface area contributed by atoms with Crippen molar-refractivity contribution in [3.05, 3.63) is 58.4 Å². The number of aliphatic hydroxyl groups excluding tert-OH is 1. The largest absolute Gasteiger partial charge is 0.390 e. The van der Waals surface area contributed by atoms with Gasteiger partial charge in [0.1, 0.15) is 5.60 Å². The second-order valence-corrected chi connectivity index (χ2v) is 14.3. The maximum atomic E-state index is 13.8. The molecule has 0 radical (unpaired) electrons. The van der Waals surface area contributed by atoms with Gasteiger partial charge in [0.25, 0.3) is 5.91 Å². The van der Waals surface area contributed by atoms with Gasteiger partial charge in [-0.25, -0.2) is 21.6 Å². The molecule has 0 spiro atoms. The Hall–Kier alpha value is -2.51. The van der Waals surface area contributed by atoms with Gasteiger partial charge in [-0.15, -0.1) is 0 Å². The van der Waals surface area contributed by atoms with Crippen LogP contribution in [0.4, 0.5) is 18.9 Å². The molecule has 0 saturated heterocycles. The van der Waals surface area contributed by atoms with E-state index in [9.17, 15) is 46.5 Å². The summed E-state index contributed by atoms with van der Waals surface area (Å²) in [7, 11) is -4.11. The molecule has 42 heavy (non-hydrogen) atoms. The minimum atomic E-state index is -4.11. The second-order valence-electron chi connectivity index (χ2n) is 11.7. The van der Waals surface area contributed by atoms with E-state index in [1.54, 1.807) is 0 Å². The standard InChI is InChI=1S/C29H31ClF3NO7S/c30-20-6-3-15(27(37)34-18-13-21(31)26(33)22(32)14-18)10-23(20)42(40,41)19-11-16-4-5-17(12-19)28(16,38)9-7-25(36)29(39)8-1-2-24(29)35/h3,6,10,13-14,16-17,19,24,35,38-39H,1-2,4-5,7-9,11-12H2,(H,34,37)/t16-,17?,19?,24+,28?,29-/m0/s1. The van der Waals surface area contributed by atoms with Crippen LogP contribution < -0.4 is 5.32 Å². The minimum Gasteiger partial charge on any atom is -0.390 e. The van der Waals surface area contributed by atoms with Gasteiger partial charge in [-0.2, -0.15) is 0 Å². The number of fused-ring (bicyclic) bond motifs is 2. The zero-order valence-electron chi connectivity index (χ0n) is 22.5. The Morgan fingerprint density at radius 2 is 1.62 bits per heavy atom. The van der Waals surface area contributed by atoms with E-state index in [0.29, 0.717) is 37.8 Å². The number of halogens is 4. The molecular weight excluding hydrogens is 599 g/mol. The first kappa shape index (κ1) is 30.9. The summed E-state index contributed by atoms with van der Waals surface area (Å²) in [5.74, 6) is -6.99. The Bertz CT molecular complexity index is 1500. The van der Waals surface area contributed by atoms with Crippen LogP contribution in [-0.4, -0.2) is 58.0 Å². The van der Waals surface area contributed by atoms with Gasteiger partial charge >= 0.3 is 0 Å². The lowest BCUT2D eigenvalue weighted by atomic mass is 9.71.